The first-order valence-electron chi connectivity index (χ1n) is 8.28. The molecule has 2 aliphatic rings. The van der Waals surface area contributed by atoms with Crippen molar-refractivity contribution in [1.29, 1.82) is 0 Å². The highest BCUT2D eigenvalue weighted by molar-refractivity contribution is 5.93. The molecule has 0 aromatic carbocycles. The summed E-state index contributed by atoms with van der Waals surface area (Å²) in [4.78, 5) is 22.8. The van der Waals surface area contributed by atoms with E-state index in [-0.39, 0.29) is 11.9 Å². The van der Waals surface area contributed by atoms with E-state index in [9.17, 15) is 4.79 Å². The summed E-state index contributed by atoms with van der Waals surface area (Å²) in [7, 11) is 0. The van der Waals surface area contributed by atoms with Crippen molar-refractivity contribution in [3.05, 3.63) is 18.1 Å². The molecule has 2 saturated heterocycles. The Morgan fingerprint density at radius 2 is 2.04 bits per heavy atom. The molecule has 2 fully saturated rings. The average molecular weight is 320 g/mol. The van der Waals surface area contributed by atoms with Crippen LogP contribution in [0.15, 0.2) is 12.4 Å². The molecule has 1 N–H and O–H groups in total. The lowest BCUT2D eigenvalue weighted by molar-refractivity contribution is -0.169. The molecule has 1 atom stereocenters. The second-order valence-corrected chi connectivity index (χ2v) is 6.14. The van der Waals surface area contributed by atoms with Crippen LogP contribution in [0, 0.1) is 0 Å². The zero-order valence-corrected chi connectivity index (χ0v) is 13.7. The van der Waals surface area contributed by atoms with Gasteiger partial charge in [-0.05, 0) is 13.3 Å². The number of ether oxygens (including phenoxy) is 2. The zero-order chi connectivity index (χ0) is 16.3. The fraction of sp³-hybridized carbons (Fsp3) is 0.688. The maximum absolute atomic E-state index is 12.2. The first kappa shape index (κ1) is 16.1. The van der Waals surface area contributed by atoms with Crippen molar-refractivity contribution >= 4 is 11.7 Å². The summed E-state index contributed by atoms with van der Waals surface area (Å²) in [5.41, 5.74) is 0.406. The number of carbonyl (C=O) groups excluding carboxylic acids is 1. The number of piperidine rings is 1. The number of nitrogens with zero attached hydrogens (tertiary/aromatic N) is 3. The summed E-state index contributed by atoms with van der Waals surface area (Å²) < 4.78 is 11.5. The SMILES string of the molecule is CCC(C)NC(=O)c1cc(N2CCC3(CC2)OCCO3)ncn1. The largest absolute Gasteiger partial charge is 0.356 e. The third-order valence-corrected chi connectivity index (χ3v) is 4.54. The average Bonchev–Trinajstić information content (AvgIpc) is 3.03. The van der Waals surface area contributed by atoms with Crippen LogP contribution < -0.4 is 10.2 Å². The normalized spacial score (nSPS) is 21.4. The highest BCUT2D eigenvalue weighted by atomic mass is 16.7. The highest BCUT2D eigenvalue weighted by Crippen LogP contribution is 2.32. The quantitative estimate of drug-likeness (QED) is 0.902. The molecule has 0 aliphatic carbocycles. The molecule has 7 nitrogen and oxygen atoms in total. The maximum atomic E-state index is 12.2. The van der Waals surface area contributed by atoms with E-state index in [0.29, 0.717) is 18.9 Å². The third-order valence-electron chi connectivity index (χ3n) is 4.54. The summed E-state index contributed by atoms with van der Waals surface area (Å²) >= 11 is 0. The second kappa shape index (κ2) is 6.80. The minimum Gasteiger partial charge on any atom is -0.356 e. The van der Waals surface area contributed by atoms with Gasteiger partial charge in [-0.1, -0.05) is 6.92 Å². The molecule has 7 heteroatoms. The van der Waals surface area contributed by atoms with Crippen LogP contribution in [0.3, 0.4) is 0 Å². The van der Waals surface area contributed by atoms with Gasteiger partial charge >= 0.3 is 0 Å². The van der Waals surface area contributed by atoms with Crippen molar-refractivity contribution < 1.29 is 14.3 Å². The molecule has 1 aromatic rings. The molecular formula is C16H24N4O3. The molecule has 2 aliphatic heterocycles. The van der Waals surface area contributed by atoms with E-state index in [1.54, 1.807) is 6.07 Å². The van der Waals surface area contributed by atoms with Crippen LogP contribution in [0.4, 0.5) is 5.82 Å². The molecule has 0 saturated carbocycles. The Kier molecular flexibility index (Phi) is 4.77. The molecule has 23 heavy (non-hydrogen) atoms. The Balaban J connectivity index is 1.65. The Morgan fingerprint density at radius 3 is 2.70 bits per heavy atom. The molecule has 1 spiro atoms. The summed E-state index contributed by atoms with van der Waals surface area (Å²) in [5, 5.41) is 2.93. The number of hydrogen-bond donors (Lipinski definition) is 1. The zero-order valence-electron chi connectivity index (χ0n) is 13.7. The second-order valence-electron chi connectivity index (χ2n) is 6.14. The van der Waals surface area contributed by atoms with Crippen LogP contribution in [0.25, 0.3) is 0 Å². The van der Waals surface area contributed by atoms with Crippen molar-refractivity contribution in [3.8, 4) is 0 Å². The summed E-state index contributed by atoms with van der Waals surface area (Å²) in [5.74, 6) is 0.224. The van der Waals surface area contributed by atoms with E-state index in [0.717, 1.165) is 38.2 Å². The summed E-state index contributed by atoms with van der Waals surface area (Å²) in [6.45, 7) is 6.95. The van der Waals surface area contributed by atoms with E-state index in [2.05, 4.69) is 20.2 Å². The summed E-state index contributed by atoms with van der Waals surface area (Å²) in [6, 6.07) is 1.89. The third kappa shape index (κ3) is 3.61. The minimum atomic E-state index is -0.402. The number of carbonyl (C=O) groups is 1. The van der Waals surface area contributed by atoms with Crippen LogP contribution in [-0.2, 0) is 9.47 Å². The Morgan fingerprint density at radius 1 is 1.35 bits per heavy atom. The molecule has 1 amide bonds. The number of anilines is 1. The Labute approximate surface area is 136 Å². The van der Waals surface area contributed by atoms with Gasteiger partial charge in [-0.25, -0.2) is 9.97 Å². The van der Waals surface area contributed by atoms with Crippen molar-refractivity contribution in [3.63, 3.8) is 0 Å². The van der Waals surface area contributed by atoms with Gasteiger partial charge in [0, 0.05) is 38.0 Å². The van der Waals surface area contributed by atoms with Crippen molar-refractivity contribution in [2.24, 2.45) is 0 Å². The predicted molar refractivity (Wildman–Crippen MR) is 85.3 cm³/mol. The molecule has 3 heterocycles. The lowest BCUT2D eigenvalue weighted by atomic mass is 10.0. The first-order valence-corrected chi connectivity index (χ1v) is 8.28. The lowest BCUT2D eigenvalue weighted by Gasteiger charge is -2.38. The smallest absolute Gasteiger partial charge is 0.270 e. The number of amides is 1. The minimum absolute atomic E-state index is 0.132. The van der Waals surface area contributed by atoms with E-state index in [1.165, 1.54) is 6.33 Å². The van der Waals surface area contributed by atoms with Crippen molar-refractivity contribution in [1.82, 2.24) is 15.3 Å². The van der Waals surface area contributed by atoms with Crippen LogP contribution in [-0.4, -0.2) is 54.0 Å². The number of rotatable bonds is 4. The Hall–Kier alpha value is -1.73. The van der Waals surface area contributed by atoms with Crippen molar-refractivity contribution in [2.45, 2.75) is 44.9 Å². The number of hydrogen-bond acceptors (Lipinski definition) is 6. The lowest BCUT2D eigenvalue weighted by Crippen LogP contribution is -2.45. The fourth-order valence-corrected chi connectivity index (χ4v) is 2.91. The van der Waals surface area contributed by atoms with E-state index in [4.69, 9.17) is 9.47 Å². The molecule has 126 valence electrons. The molecular weight excluding hydrogens is 296 g/mol. The van der Waals surface area contributed by atoms with Gasteiger partial charge in [-0.2, -0.15) is 0 Å². The van der Waals surface area contributed by atoms with Gasteiger partial charge in [-0.15, -0.1) is 0 Å². The monoisotopic (exact) mass is 320 g/mol. The van der Waals surface area contributed by atoms with Crippen LogP contribution in [0.1, 0.15) is 43.6 Å². The van der Waals surface area contributed by atoms with E-state index < -0.39 is 5.79 Å². The number of nitrogens with one attached hydrogen (secondary N) is 1. The van der Waals surface area contributed by atoms with E-state index >= 15 is 0 Å². The standard InChI is InChI=1S/C16H24N4O3/c1-3-12(2)19-15(21)13-10-14(18-11-17-13)20-6-4-16(5-7-20)22-8-9-23-16/h10-12H,3-9H2,1-2H3,(H,19,21). The van der Waals surface area contributed by atoms with Gasteiger partial charge in [0.15, 0.2) is 5.79 Å². The van der Waals surface area contributed by atoms with E-state index in [1.807, 2.05) is 13.8 Å². The van der Waals surface area contributed by atoms with Gasteiger partial charge in [-0.3, -0.25) is 4.79 Å². The van der Waals surface area contributed by atoms with Gasteiger partial charge < -0.3 is 19.7 Å². The van der Waals surface area contributed by atoms with Gasteiger partial charge in [0.25, 0.3) is 5.91 Å². The highest BCUT2D eigenvalue weighted by Gasteiger charge is 2.40. The van der Waals surface area contributed by atoms with Crippen molar-refractivity contribution in [2.75, 3.05) is 31.2 Å². The van der Waals surface area contributed by atoms with Crippen LogP contribution in [0.2, 0.25) is 0 Å². The van der Waals surface area contributed by atoms with Gasteiger partial charge in [0.2, 0.25) is 0 Å². The number of aromatic nitrogens is 2. The first-order chi connectivity index (χ1) is 11.1. The topological polar surface area (TPSA) is 76.6 Å². The maximum Gasteiger partial charge on any atom is 0.270 e. The molecule has 1 aromatic heterocycles. The van der Waals surface area contributed by atoms with Gasteiger partial charge in [0.1, 0.15) is 17.8 Å². The fourth-order valence-electron chi connectivity index (χ4n) is 2.91. The Bertz CT molecular complexity index is 550. The van der Waals surface area contributed by atoms with Crippen LogP contribution in [0.5, 0.6) is 0 Å². The molecule has 0 bridgehead atoms. The molecule has 1 unspecified atom stereocenters. The molecule has 3 rings (SSSR count). The predicted octanol–water partition coefficient (Wildman–Crippen LogP) is 1.35. The van der Waals surface area contributed by atoms with Crippen LogP contribution >= 0.6 is 0 Å². The molecule has 0 radical (unpaired) electrons. The summed E-state index contributed by atoms with van der Waals surface area (Å²) in [6.07, 6.45) is 3.96. The van der Waals surface area contributed by atoms with Gasteiger partial charge in [0.05, 0.1) is 13.2 Å².